The minimum Gasteiger partial charge on any atom is -0.282 e. The van der Waals surface area contributed by atoms with E-state index in [1.165, 1.54) is 0 Å². The number of imidazole rings is 2. The molecule has 0 saturated carbocycles. The van der Waals surface area contributed by atoms with Gasteiger partial charge in [0.2, 0.25) is 5.78 Å². The van der Waals surface area contributed by atoms with E-state index in [4.69, 9.17) is 4.98 Å². The predicted molar refractivity (Wildman–Crippen MR) is 129 cm³/mol. The predicted octanol–water partition coefficient (Wildman–Crippen LogP) is 5.69. The molecule has 0 N–H and O–H groups in total. The van der Waals surface area contributed by atoms with E-state index < -0.39 is 5.41 Å². The third kappa shape index (κ3) is 2.90. The van der Waals surface area contributed by atoms with Crippen LogP contribution in [0.15, 0.2) is 85.6 Å². The standard InChI is InChI=1S/C27H20N6/c1-27(2,17-28)20-6-8-21(9-7-20)33-25-22-14-18(19-4-3-11-29-15-19)5-10-23(22)31-16-24(25)32-13-12-30-26(32)33/h3-16H,1-2H3. The molecular formula is C27H20N6. The van der Waals surface area contributed by atoms with Crippen molar-refractivity contribution in [2.45, 2.75) is 19.3 Å². The molecule has 0 fully saturated rings. The lowest BCUT2D eigenvalue weighted by molar-refractivity contribution is 0.687. The molecule has 0 aliphatic carbocycles. The fourth-order valence-corrected chi connectivity index (χ4v) is 4.38. The third-order valence-corrected chi connectivity index (χ3v) is 6.25. The molecule has 33 heavy (non-hydrogen) atoms. The first-order chi connectivity index (χ1) is 16.1. The van der Waals surface area contributed by atoms with Gasteiger partial charge in [-0.1, -0.05) is 24.3 Å². The normalized spacial score (nSPS) is 11.9. The maximum atomic E-state index is 9.51. The van der Waals surface area contributed by atoms with Gasteiger partial charge >= 0.3 is 0 Å². The summed E-state index contributed by atoms with van der Waals surface area (Å²) in [5.74, 6) is 0.818. The second-order valence-electron chi connectivity index (χ2n) is 8.68. The van der Waals surface area contributed by atoms with Crippen LogP contribution < -0.4 is 0 Å². The molecule has 0 aliphatic rings. The van der Waals surface area contributed by atoms with E-state index in [9.17, 15) is 5.26 Å². The summed E-state index contributed by atoms with van der Waals surface area (Å²) in [6.07, 6.45) is 9.31. The molecule has 6 rings (SSSR count). The van der Waals surface area contributed by atoms with Gasteiger partial charge in [-0.25, -0.2) is 4.98 Å². The zero-order chi connectivity index (χ0) is 22.6. The molecule has 0 bridgehead atoms. The zero-order valence-electron chi connectivity index (χ0n) is 18.3. The van der Waals surface area contributed by atoms with Crippen LogP contribution in [-0.2, 0) is 5.41 Å². The van der Waals surface area contributed by atoms with Crippen molar-refractivity contribution in [3.8, 4) is 22.9 Å². The van der Waals surface area contributed by atoms with Gasteiger partial charge in [0.15, 0.2) is 0 Å². The number of hydrogen-bond acceptors (Lipinski definition) is 4. The van der Waals surface area contributed by atoms with Crippen molar-refractivity contribution in [1.29, 1.82) is 5.26 Å². The zero-order valence-corrected chi connectivity index (χ0v) is 18.3. The Hall–Kier alpha value is -4.50. The molecule has 4 aromatic heterocycles. The summed E-state index contributed by atoms with van der Waals surface area (Å²) in [4.78, 5) is 13.6. The maximum absolute atomic E-state index is 9.51. The Morgan fingerprint density at radius 1 is 0.909 bits per heavy atom. The first-order valence-corrected chi connectivity index (χ1v) is 10.8. The molecule has 0 aliphatic heterocycles. The number of fused-ring (bicyclic) bond motifs is 5. The average Bonchev–Trinajstić information content (AvgIpc) is 3.45. The van der Waals surface area contributed by atoms with Gasteiger partial charge in [0.25, 0.3) is 0 Å². The highest BCUT2D eigenvalue weighted by Crippen LogP contribution is 2.33. The summed E-state index contributed by atoms with van der Waals surface area (Å²) in [7, 11) is 0. The number of hydrogen-bond donors (Lipinski definition) is 0. The number of pyridine rings is 2. The molecule has 2 aromatic carbocycles. The summed E-state index contributed by atoms with van der Waals surface area (Å²) >= 11 is 0. The van der Waals surface area contributed by atoms with Crippen LogP contribution in [0.3, 0.4) is 0 Å². The van der Waals surface area contributed by atoms with Crippen molar-refractivity contribution in [3.63, 3.8) is 0 Å². The van der Waals surface area contributed by atoms with E-state index in [1.54, 1.807) is 12.4 Å². The van der Waals surface area contributed by atoms with Gasteiger partial charge in [-0.2, -0.15) is 5.26 Å². The SMILES string of the molecule is CC(C)(C#N)c1ccc(-n2c3c4cc(-c5cccnc5)ccc4ncc3n3ccnc23)cc1. The molecule has 0 unspecified atom stereocenters. The minimum absolute atomic E-state index is 0.546. The molecule has 6 heteroatoms. The summed E-state index contributed by atoms with van der Waals surface area (Å²) in [6, 6.07) is 20.8. The quantitative estimate of drug-likeness (QED) is 0.363. The van der Waals surface area contributed by atoms with Crippen LogP contribution in [0.5, 0.6) is 0 Å². The lowest BCUT2D eigenvalue weighted by Crippen LogP contribution is -2.13. The number of nitrogens with zero attached hydrogens (tertiary/aromatic N) is 6. The molecule has 4 heterocycles. The highest BCUT2D eigenvalue weighted by molar-refractivity contribution is 6.06. The van der Waals surface area contributed by atoms with Crippen molar-refractivity contribution >= 4 is 27.7 Å². The molecule has 0 amide bonds. The summed E-state index contributed by atoms with van der Waals surface area (Å²) < 4.78 is 4.22. The second kappa shape index (κ2) is 7.01. The van der Waals surface area contributed by atoms with Gasteiger partial charge in [-0.3, -0.25) is 18.9 Å². The lowest BCUT2D eigenvalue weighted by Gasteiger charge is -2.16. The van der Waals surface area contributed by atoms with E-state index in [1.807, 2.05) is 50.6 Å². The topological polar surface area (TPSA) is 71.8 Å². The highest BCUT2D eigenvalue weighted by atomic mass is 15.2. The molecule has 158 valence electrons. The first kappa shape index (κ1) is 19.2. The molecule has 6 nitrogen and oxygen atoms in total. The highest BCUT2D eigenvalue weighted by Gasteiger charge is 2.21. The van der Waals surface area contributed by atoms with Gasteiger partial charge < -0.3 is 0 Å². The first-order valence-electron chi connectivity index (χ1n) is 10.8. The Balaban J connectivity index is 1.66. The van der Waals surface area contributed by atoms with Crippen molar-refractivity contribution < 1.29 is 0 Å². The van der Waals surface area contributed by atoms with Gasteiger partial charge in [0.05, 0.1) is 34.2 Å². The molecule has 0 spiro atoms. The van der Waals surface area contributed by atoms with E-state index in [0.29, 0.717) is 0 Å². The van der Waals surface area contributed by atoms with Crippen LogP contribution >= 0.6 is 0 Å². The fourth-order valence-electron chi connectivity index (χ4n) is 4.38. The summed E-state index contributed by atoms with van der Waals surface area (Å²) in [5.41, 5.74) is 6.51. The van der Waals surface area contributed by atoms with Gasteiger partial charge in [-0.05, 0) is 55.3 Å². The minimum atomic E-state index is -0.546. The number of benzene rings is 2. The van der Waals surface area contributed by atoms with Crippen LogP contribution in [0.25, 0.3) is 44.5 Å². The van der Waals surface area contributed by atoms with E-state index >= 15 is 0 Å². The fraction of sp³-hybridized carbons (Fsp3) is 0.111. The number of nitriles is 1. The number of rotatable bonds is 3. The Kier molecular flexibility index (Phi) is 4.08. The van der Waals surface area contributed by atoms with Crippen LogP contribution in [0.4, 0.5) is 0 Å². The summed E-state index contributed by atoms with van der Waals surface area (Å²) in [5, 5.41) is 10.6. The van der Waals surface area contributed by atoms with E-state index in [2.05, 4.69) is 61.4 Å². The van der Waals surface area contributed by atoms with E-state index in [0.717, 1.165) is 50.1 Å². The van der Waals surface area contributed by atoms with Crippen LogP contribution in [0, 0.1) is 11.3 Å². The van der Waals surface area contributed by atoms with Crippen molar-refractivity contribution in [3.05, 3.63) is 91.1 Å². The average molecular weight is 428 g/mol. The Bertz CT molecular complexity index is 1680. The van der Waals surface area contributed by atoms with Crippen LogP contribution in [-0.4, -0.2) is 23.9 Å². The summed E-state index contributed by atoms with van der Waals surface area (Å²) in [6.45, 7) is 3.86. The largest absolute Gasteiger partial charge is 0.282 e. The lowest BCUT2D eigenvalue weighted by atomic mass is 9.86. The van der Waals surface area contributed by atoms with Crippen LogP contribution in [0.1, 0.15) is 19.4 Å². The Morgan fingerprint density at radius 2 is 1.76 bits per heavy atom. The van der Waals surface area contributed by atoms with Gasteiger partial charge in [0, 0.05) is 41.4 Å². The van der Waals surface area contributed by atoms with Crippen molar-refractivity contribution in [2.75, 3.05) is 0 Å². The molecule has 0 atom stereocenters. The van der Waals surface area contributed by atoms with Crippen molar-refractivity contribution in [2.24, 2.45) is 0 Å². The molecular weight excluding hydrogens is 408 g/mol. The van der Waals surface area contributed by atoms with Crippen LogP contribution in [0.2, 0.25) is 0 Å². The van der Waals surface area contributed by atoms with Gasteiger partial charge in [-0.15, -0.1) is 0 Å². The molecule has 6 aromatic rings. The van der Waals surface area contributed by atoms with Crippen molar-refractivity contribution in [1.82, 2.24) is 23.9 Å². The Labute approximate surface area is 190 Å². The van der Waals surface area contributed by atoms with E-state index in [-0.39, 0.29) is 0 Å². The maximum Gasteiger partial charge on any atom is 0.219 e. The second-order valence-corrected chi connectivity index (χ2v) is 8.68. The third-order valence-electron chi connectivity index (χ3n) is 6.25. The molecule has 0 radical (unpaired) electrons. The Morgan fingerprint density at radius 3 is 2.52 bits per heavy atom. The number of aromatic nitrogens is 5. The molecule has 0 saturated heterocycles. The smallest absolute Gasteiger partial charge is 0.219 e. The van der Waals surface area contributed by atoms with Gasteiger partial charge in [0.1, 0.15) is 0 Å². The monoisotopic (exact) mass is 428 g/mol.